The Kier molecular flexibility index (Phi) is 9.03. The molecule has 7 nitrogen and oxygen atoms in total. The predicted octanol–water partition coefficient (Wildman–Crippen LogP) is 4.73. The van der Waals surface area contributed by atoms with Gasteiger partial charge in [0.1, 0.15) is 5.75 Å². The minimum atomic E-state index is -0.135. The van der Waals surface area contributed by atoms with Gasteiger partial charge >= 0.3 is 0 Å². The lowest BCUT2D eigenvalue weighted by Crippen LogP contribution is -2.47. The number of carbonyl (C=O) groups excluding carboxylic acids is 2. The van der Waals surface area contributed by atoms with Crippen LogP contribution in [0.25, 0.3) is 0 Å². The van der Waals surface area contributed by atoms with E-state index in [0.29, 0.717) is 24.2 Å². The molecule has 37 heavy (non-hydrogen) atoms. The predicted molar refractivity (Wildman–Crippen MR) is 150 cm³/mol. The topological polar surface area (TPSA) is 73.9 Å². The maximum Gasteiger partial charge on any atom is 0.253 e. The van der Waals surface area contributed by atoms with Crippen LogP contribution in [0.2, 0.25) is 0 Å². The first kappa shape index (κ1) is 26.1. The standard InChI is InChI=1S/C30H36N4O3/c1-3-9-29(35)32-24-14-15-26(25(22-24)30(36)31-17-16-23-10-5-4-6-11-23)33-18-20-34(21-19-33)27-12-7-8-13-28(27)37-2/h4-8,10-15,22H,3,9,16-21H2,1-2H3,(H,31,36)(H,32,35). The summed E-state index contributed by atoms with van der Waals surface area (Å²) in [6, 6.07) is 23.8. The van der Waals surface area contributed by atoms with Crippen molar-refractivity contribution < 1.29 is 14.3 Å². The number of hydrogen-bond donors (Lipinski definition) is 2. The van der Waals surface area contributed by atoms with Crippen LogP contribution in [0.5, 0.6) is 5.75 Å². The third-order valence-corrected chi connectivity index (χ3v) is 6.59. The quantitative estimate of drug-likeness (QED) is 0.421. The second kappa shape index (κ2) is 12.8. The average Bonchev–Trinajstić information content (AvgIpc) is 2.94. The van der Waals surface area contributed by atoms with Crippen LogP contribution >= 0.6 is 0 Å². The molecule has 2 amide bonds. The fourth-order valence-electron chi connectivity index (χ4n) is 4.66. The van der Waals surface area contributed by atoms with Crippen LogP contribution in [0.4, 0.5) is 17.1 Å². The number of methoxy groups -OCH3 is 1. The summed E-state index contributed by atoms with van der Waals surface area (Å²) in [5, 5.41) is 6.01. The molecule has 1 heterocycles. The Hall–Kier alpha value is -4.00. The number of amides is 2. The number of nitrogens with one attached hydrogen (secondary N) is 2. The number of carbonyl (C=O) groups is 2. The highest BCUT2D eigenvalue weighted by Crippen LogP contribution is 2.31. The van der Waals surface area contributed by atoms with E-state index in [9.17, 15) is 9.59 Å². The molecule has 0 aromatic heterocycles. The van der Waals surface area contributed by atoms with Crippen molar-refractivity contribution in [3.05, 3.63) is 83.9 Å². The SMILES string of the molecule is CCCC(=O)Nc1ccc(N2CCN(c3ccccc3OC)CC2)c(C(=O)NCCc2ccccc2)c1. The van der Waals surface area contributed by atoms with E-state index in [1.165, 1.54) is 5.56 Å². The Morgan fingerprint density at radius 1 is 0.865 bits per heavy atom. The van der Waals surface area contributed by atoms with Crippen molar-refractivity contribution in [2.24, 2.45) is 0 Å². The summed E-state index contributed by atoms with van der Waals surface area (Å²) in [6.45, 7) is 5.66. The van der Waals surface area contributed by atoms with Crippen molar-refractivity contribution >= 4 is 28.9 Å². The Morgan fingerprint density at radius 2 is 1.54 bits per heavy atom. The van der Waals surface area contributed by atoms with Gasteiger partial charge in [-0.3, -0.25) is 9.59 Å². The fourth-order valence-corrected chi connectivity index (χ4v) is 4.66. The van der Waals surface area contributed by atoms with E-state index in [-0.39, 0.29) is 11.8 Å². The Bertz CT molecular complexity index is 1190. The number of rotatable bonds is 10. The largest absolute Gasteiger partial charge is 0.495 e. The molecule has 2 N–H and O–H groups in total. The van der Waals surface area contributed by atoms with E-state index in [2.05, 4.69) is 38.6 Å². The first-order valence-corrected chi connectivity index (χ1v) is 13.0. The maximum atomic E-state index is 13.4. The molecule has 1 fully saturated rings. The zero-order valence-corrected chi connectivity index (χ0v) is 21.7. The molecular formula is C30H36N4O3. The molecule has 1 aliphatic rings. The van der Waals surface area contributed by atoms with Gasteiger partial charge in [0.15, 0.2) is 0 Å². The van der Waals surface area contributed by atoms with Crippen LogP contribution in [0.15, 0.2) is 72.8 Å². The van der Waals surface area contributed by atoms with E-state index in [0.717, 1.165) is 56.1 Å². The van der Waals surface area contributed by atoms with E-state index < -0.39 is 0 Å². The van der Waals surface area contributed by atoms with Gasteiger partial charge in [-0.05, 0) is 48.7 Å². The number of anilines is 3. The Balaban J connectivity index is 1.49. The van der Waals surface area contributed by atoms with Gasteiger partial charge in [-0.15, -0.1) is 0 Å². The number of nitrogens with zero attached hydrogens (tertiary/aromatic N) is 2. The smallest absolute Gasteiger partial charge is 0.253 e. The highest BCUT2D eigenvalue weighted by Gasteiger charge is 2.23. The molecule has 194 valence electrons. The van der Waals surface area contributed by atoms with Crippen LogP contribution in [0.1, 0.15) is 35.7 Å². The lowest BCUT2D eigenvalue weighted by molar-refractivity contribution is -0.116. The molecule has 4 rings (SSSR count). The Morgan fingerprint density at radius 3 is 2.24 bits per heavy atom. The van der Waals surface area contributed by atoms with Crippen LogP contribution in [-0.4, -0.2) is 51.6 Å². The molecular weight excluding hydrogens is 464 g/mol. The summed E-state index contributed by atoms with van der Waals surface area (Å²) in [5.74, 6) is 0.683. The third-order valence-electron chi connectivity index (χ3n) is 6.59. The third kappa shape index (κ3) is 6.82. The van der Waals surface area contributed by atoms with E-state index in [4.69, 9.17) is 4.74 Å². The molecule has 0 radical (unpaired) electrons. The van der Waals surface area contributed by atoms with Gasteiger partial charge in [-0.2, -0.15) is 0 Å². The van der Waals surface area contributed by atoms with Crippen molar-refractivity contribution in [3.63, 3.8) is 0 Å². The summed E-state index contributed by atoms with van der Waals surface area (Å²) < 4.78 is 5.55. The lowest BCUT2D eigenvalue weighted by atomic mass is 10.1. The summed E-state index contributed by atoms with van der Waals surface area (Å²) in [5.41, 5.74) is 4.36. The summed E-state index contributed by atoms with van der Waals surface area (Å²) in [4.78, 5) is 30.1. The number of para-hydroxylation sites is 2. The zero-order valence-electron chi connectivity index (χ0n) is 21.7. The van der Waals surface area contributed by atoms with Crippen molar-refractivity contribution in [2.75, 3.05) is 55.0 Å². The normalized spacial score (nSPS) is 13.2. The molecule has 0 bridgehead atoms. The molecule has 0 spiro atoms. The highest BCUT2D eigenvalue weighted by atomic mass is 16.5. The number of piperazine rings is 1. The summed E-state index contributed by atoms with van der Waals surface area (Å²) in [7, 11) is 1.69. The first-order chi connectivity index (χ1) is 18.1. The van der Waals surface area contributed by atoms with Crippen LogP contribution in [-0.2, 0) is 11.2 Å². The summed E-state index contributed by atoms with van der Waals surface area (Å²) in [6.07, 6.45) is 1.98. The number of hydrogen-bond acceptors (Lipinski definition) is 5. The zero-order chi connectivity index (χ0) is 26.0. The lowest BCUT2D eigenvalue weighted by Gasteiger charge is -2.38. The number of benzene rings is 3. The minimum Gasteiger partial charge on any atom is -0.495 e. The van der Waals surface area contributed by atoms with Gasteiger partial charge in [-0.25, -0.2) is 0 Å². The molecule has 3 aromatic rings. The fraction of sp³-hybridized carbons (Fsp3) is 0.333. The minimum absolute atomic E-state index is 0.0453. The van der Waals surface area contributed by atoms with Gasteiger partial charge < -0.3 is 25.2 Å². The van der Waals surface area contributed by atoms with Crippen LogP contribution in [0, 0.1) is 0 Å². The van der Waals surface area contributed by atoms with Crippen molar-refractivity contribution in [2.45, 2.75) is 26.2 Å². The van der Waals surface area contributed by atoms with Crippen LogP contribution in [0.3, 0.4) is 0 Å². The van der Waals surface area contributed by atoms with Gasteiger partial charge in [0.2, 0.25) is 5.91 Å². The van der Waals surface area contributed by atoms with Crippen molar-refractivity contribution in [1.82, 2.24) is 5.32 Å². The van der Waals surface area contributed by atoms with Gasteiger partial charge in [0.25, 0.3) is 5.91 Å². The molecule has 1 aliphatic heterocycles. The molecule has 0 atom stereocenters. The second-order valence-electron chi connectivity index (χ2n) is 9.17. The van der Waals surface area contributed by atoms with E-state index in [1.807, 2.05) is 55.5 Å². The average molecular weight is 501 g/mol. The van der Waals surface area contributed by atoms with E-state index >= 15 is 0 Å². The van der Waals surface area contributed by atoms with Gasteiger partial charge in [0.05, 0.1) is 18.4 Å². The molecule has 1 saturated heterocycles. The first-order valence-electron chi connectivity index (χ1n) is 13.0. The van der Waals surface area contributed by atoms with Crippen molar-refractivity contribution in [3.8, 4) is 5.75 Å². The highest BCUT2D eigenvalue weighted by molar-refractivity contribution is 6.02. The maximum absolute atomic E-state index is 13.4. The molecule has 0 unspecified atom stereocenters. The second-order valence-corrected chi connectivity index (χ2v) is 9.17. The molecule has 7 heteroatoms. The van der Waals surface area contributed by atoms with Gasteiger partial charge in [-0.1, -0.05) is 49.4 Å². The Labute approximate surface area is 219 Å². The van der Waals surface area contributed by atoms with Gasteiger partial charge in [0, 0.05) is 50.5 Å². The molecule has 0 saturated carbocycles. The molecule has 3 aromatic carbocycles. The van der Waals surface area contributed by atoms with E-state index in [1.54, 1.807) is 13.2 Å². The summed E-state index contributed by atoms with van der Waals surface area (Å²) >= 11 is 0. The molecule has 0 aliphatic carbocycles. The van der Waals surface area contributed by atoms with Crippen LogP contribution < -0.4 is 25.2 Å². The van der Waals surface area contributed by atoms with Crippen molar-refractivity contribution in [1.29, 1.82) is 0 Å². The number of ether oxygens (including phenoxy) is 1. The monoisotopic (exact) mass is 500 g/mol.